The van der Waals surface area contributed by atoms with Crippen LogP contribution in [0.5, 0.6) is 0 Å². The standard InChI is InChI=1S/C15H21ClFN/c1-18-15-6-4-2-3-5-11(15)9-12-10-13(17)7-8-14(12)16/h7-8,10-11,15,18H,2-6,9H2,1H3. The van der Waals surface area contributed by atoms with Gasteiger partial charge in [-0.25, -0.2) is 4.39 Å². The van der Waals surface area contributed by atoms with E-state index < -0.39 is 0 Å². The molecule has 0 heterocycles. The normalized spacial score (nSPS) is 24.8. The lowest BCUT2D eigenvalue weighted by Crippen LogP contribution is -2.33. The zero-order valence-corrected chi connectivity index (χ0v) is 11.6. The second-order valence-corrected chi connectivity index (χ2v) is 5.64. The van der Waals surface area contributed by atoms with Gasteiger partial charge in [0.05, 0.1) is 0 Å². The van der Waals surface area contributed by atoms with Crippen LogP contribution in [-0.2, 0) is 6.42 Å². The molecule has 0 saturated heterocycles. The van der Waals surface area contributed by atoms with Crippen LogP contribution in [0.25, 0.3) is 0 Å². The monoisotopic (exact) mass is 269 g/mol. The summed E-state index contributed by atoms with van der Waals surface area (Å²) in [6, 6.07) is 5.21. The first-order valence-electron chi connectivity index (χ1n) is 6.82. The topological polar surface area (TPSA) is 12.0 Å². The Labute approximate surface area is 114 Å². The fourth-order valence-electron chi connectivity index (χ4n) is 2.99. The number of nitrogens with one attached hydrogen (secondary N) is 1. The van der Waals surface area contributed by atoms with E-state index in [1.807, 2.05) is 7.05 Å². The van der Waals surface area contributed by atoms with E-state index in [0.29, 0.717) is 17.0 Å². The van der Waals surface area contributed by atoms with E-state index in [1.165, 1.54) is 38.2 Å². The van der Waals surface area contributed by atoms with Gasteiger partial charge in [-0.15, -0.1) is 0 Å². The summed E-state index contributed by atoms with van der Waals surface area (Å²) < 4.78 is 13.3. The van der Waals surface area contributed by atoms with Crippen LogP contribution in [0.4, 0.5) is 4.39 Å². The molecule has 1 N–H and O–H groups in total. The van der Waals surface area contributed by atoms with Crippen LogP contribution < -0.4 is 5.32 Å². The molecule has 0 spiro atoms. The molecule has 0 radical (unpaired) electrons. The number of hydrogen-bond acceptors (Lipinski definition) is 1. The molecule has 1 fully saturated rings. The van der Waals surface area contributed by atoms with Crippen LogP contribution in [0, 0.1) is 11.7 Å². The Hall–Kier alpha value is -0.600. The SMILES string of the molecule is CNC1CCCCCC1Cc1cc(F)ccc1Cl. The fourth-order valence-corrected chi connectivity index (χ4v) is 3.19. The van der Waals surface area contributed by atoms with E-state index in [4.69, 9.17) is 11.6 Å². The molecule has 0 bridgehead atoms. The second kappa shape index (κ2) is 6.53. The number of rotatable bonds is 3. The molecular formula is C15H21ClFN. The molecule has 1 saturated carbocycles. The first-order chi connectivity index (χ1) is 8.70. The first kappa shape index (κ1) is 13.8. The second-order valence-electron chi connectivity index (χ2n) is 5.23. The van der Waals surface area contributed by atoms with E-state index in [-0.39, 0.29) is 5.82 Å². The van der Waals surface area contributed by atoms with Gasteiger partial charge in [0.1, 0.15) is 5.82 Å². The molecule has 2 rings (SSSR count). The van der Waals surface area contributed by atoms with Crippen molar-refractivity contribution in [2.45, 2.75) is 44.6 Å². The lowest BCUT2D eigenvalue weighted by molar-refractivity contribution is 0.350. The summed E-state index contributed by atoms with van der Waals surface area (Å²) in [7, 11) is 2.02. The van der Waals surface area contributed by atoms with Gasteiger partial charge in [0.15, 0.2) is 0 Å². The van der Waals surface area contributed by atoms with Crippen LogP contribution in [0.3, 0.4) is 0 Å². The van der Waals surface area contributed by atoms with Gasteiger partial charge in [0.25, 0.3) is 0 Å². The van der Waals surface area contributed by atoms with Gasteiger partial charge in [0.2, 0.25) is 0 Å². The highest BCUT2D eigenvalue weighted by atomic mass is 35.5. The quantitative estimate of drug-likeness (QED) is 0.812. The highest BCUT2D eigenvalue weighted by Crippen LogP contribution is 2.29. The Morgan fingerprint density at radius 3 is 2.83 bits per heavy atom. The average Bonchev–Trinajstić information content (AvgIpc) is 2.59. The van der Waals surface area contributed by atoms with Gasteiger partial charge in [0, 0.05) is 11.1 Å². The minimum atomic E-state index is -0.191. The molecule has 2 unspecified atom stereocenters. The smallest absolute Gasteiger partial charge is 0.123 e. The van der Waals surface area contributed by atoms with Crippen molar-refractivity contribution in [2.24, 2.45) is 5.92 Å². The van der Waals surface area contributed by atoms with Crippen LogP contribution >= 0.6 is 11.6 Å². The maximum Gasteiger partial charge on any atom is 0.123 e. The summed E-state index contributed by atoms with van der Waals surface area (Å²) in [5.74, 6) is 0.376. The van der Waals surface area contributed by atoms with Crippen molar-refractivity contribution < 1.29 is 4.39 Å². The van der Waals surface area contributed by atoms with Crippen molar-refractivity contribution in [1.82, 2.24) is 5.32 Å². The van der Waals surface area contributed by atoms with Gasteiger partial charge in [-0.1, -0.05) is 30.9 Å². The predicted octanol–water partition coefficient (Wildman–Crippen LogP) is 4.19. The third kappa shape index (κ3) is 3.46. The Balaban J connectivity index is 2.12. The molecule has 1 aromatic carbocycles. The Kier molecular flexibility index (Phi) is 5.02. The van der Waals surface area contributed by atoms with E-state index in [0.717, 1.165) is 12.0 Å². The molecule has 1 aliphatic carbocycles. The van der Waals surface area contributed by atoms with E-state index in [9.17, 15) is 4.39 Å². The van der Waals surface area contributed by atoms with E-state index in [2.05, 4.69) is 5.32 Å². The van der Waals surface area contributed by atoms with Gasteiger partial charge in [-0.05, 0) is 56.0 Å². The van der Waals surface area contributed by atoms with Crippen molar-refractivity contribution in [2.75, 3.05) is 7.05 Å². The predicted molar refractivity (Wildman–Crippen MR) is 74.5 cm³/mol. The summed E-state index contributed by atoms with van der Waals surface area (Å²) in [4.78, 5) is 0. The number of benzene rings is 1. The Bertz CT molecular complexity index is 394. The van der Waals surface area contributed by atoms with Crippen LogP contribution in [-0.4, -0.2) is 13.1 Å². The van der Waals surface area contributed by atoms with Gasteiger partial charge >= 0.3 is 0 Å². The summed E-state index contributed by atoms with van der Waals surface area (Å²) in [6.45, 7) is 0. The molecule has 3 heteroatoms. The Morgan fingerprint density at radius 1 is 1.28 bits per heavy atom. The van der Waals surface area contributed by atoms with Crippen molar-refractivity contribution in [3.63, 3.8) is 0 Å². The van der Waals surface area contributed by atoms with Gasteiger partial charge in [-0.3, -0.25) is 0 Å². The molecule has 2 atom stereocenters. The minimum Gasteiger partial charge on any atom is -0.317 e. The minimum absolute atomic E-state index is 0.191. The lowest BCUT2D eigenvalue weighted by Gasteiger charge is -2.25. The third-order valence-electron chi connectivity index (χ3n) is 4.02. The molecule has 100 valence electrons. The summed E-state index contributed by atoms with van der Waals surface area (Å²) in [5.41, 5.74) is 0.948. The van der Waals surface area contributed by atoms with Crippen LogP contribution in [0.1, 0.15) is 37.7 Å². The van der Waals surface area contributed by atoms with E-state index >= 15 is 0 Å². The lowest BCUT2D eigenvalue weighted by atomic mass is 9.88. The van der Waals surface area contributed by atoms with Crippen molar-refractivity contribution in [3.05, 3.63) is 34.6 Å². The molecule has 1 nitrogen and oxygen atoms in total. The molecule has 1 aromatic rings. The van der Waals surface area contributed by atoms with Crippen LogP contribution in [0.2, 0.25) is 5.02 Å². The molecule has 1 aliphatic rings. The molecule has 18 heavy (non-hydrogen) atoms. The highest BCUT2D eigenvalue weighted by molar-refractivity contribution is 6.31. The van der Waals surface area contributed by atoms with Gasteiger partial charge < -0.3 is 5.32 Å². The van der Waals surface area contributed by atoms with Crippen LogP contribution in [0.15, 0.2) is 18.2 Å². The highest BCUT2D eigenvalue weighted by Gasteiger charge is 2.23. The summed E-state index contributed by atoms with van der Waals surface area (Å²) in [6.07, 6.45) is 7.18. The first-order valence-corrected chi connectivity index (χ1v) is 7.19. The zero-order chi connectivity index (χ0) is 13.0. The maximum atomic E-state index is 13.3. The molecule has 0 aliphatic heterocycles. The number of hydrogen-bond donors (Lipinski definition) is 1. The molecular weight excluding hydrogens is 249 g/mol. The van der Waals surface area contributed by atoms with Gasteiger partial charge in [-0.2, -0.15) is 0 Å². The summed E-state index contributed by atoms with van der Waals surface area (Å²) >= 11 is 6.16. The largest absolute Gasteiger partial charge is 0.317 e. The van der Waals surface area contributed by atoms with Crippen molar-refractivity contribution in [1.29, 1.82) is 0 Å². The maximum absolute atomic E-state index is 13.3. The zero-order valence-electron chi connectivity index (χ0n) is 10.9. The molecule has 0 amide bonds. The fraction of sp³-hybridized carbons (Fsp3) is 0.600. The third-order valence-corrected chi connectivity index (χ3v) is 4.39. The Morgan fingerprint density at radius 2 is 2.06 bits per heavy atom. The van der Waals surface area contributed by atoms with E-state index in [1.54, 1.807) is 12.1 Å². The average molecular weight is 270 g/mol. The van der Waals surface area contributed by atoms with Crippen molar-refractivity contribution >= 4 is 11.6 Å². The summed E-state index contributed by atoms with van der Waals surface area (Å²) in [5, 5.41) is 4.10. The number of halogens is 2. The molecule has 0 aromatic heterocycles. The van der Waals surface area contributed by atoms with Crippen molar-refractivity contribution in [3.8, 4) is 0 Å².